The molecule has 0 aliphatic carbocycles. The zero-order valence-corrected chi connectivity index (χ0v) is 9.12. The van der Waals surface area contributed by atoms with Gasteiger partial charge in [0.15, 0.2) is 11.9 Å². The van der Waals surface area contributed by atoms with Crippen LogP contribution in [0.4, 0.5) is 0 Å². The van der Waals surface area contributed by atoms with Gasteiger partial charge in [-0.25, -0.2) is 4.98 Å². The van der Waals surface area contributed by atoms with Gasteiger partial charge in [-0.2, -0.15) is 0 Å². The number of pyridine rings is 1. The van der Waals surface area contributed by atoms with Crippen molar-refractivity contribution in [3.63, 3.8) is 0 Å². The van der Waals surface area contributed by atoms with Gasteiger partial charge in [-0.3, -0.25) is 9.78 Å². The van der Waals surface area contributed by atoms with Crippen LogP contribution in [0.15, 0.2) is 35.5 Å². The number of carbonyl (C=O) groups excluding carboxylic acids is 1. The molecule has 84 valence electrons. The van der Waals surface area contributed by atoms with E-state index in [-0.39, 0.29) is 0 Å². The minimum absolute atomic E-state index is 0.384. The van der Waals surface area contributed by atoms with Crippen LogP contribution in [0, 0.1) is 6.92 Å². The van der Waals surface area contributed by atoms with E-state index in [2.05, 4.69) is 9.97 Å². The van der Waals surface area contributed by atoms with E-state index in [4.69, 9.17) is 4.42 Å². The number of nitrogens with zero attached hydrogens (tertiary/aromatic N) is 3. The third-order valence-electron chi connectivity index (χ3n) is 2.60. The van der Waals surface area contributed by atoms with E-state index < -0.39 is 0 Å². The Morgan fingerprint density at radius 1 is 1.41 bits per heavy atom. The number of aldehydes is 1. The number of hydrogen-bond acceptors (Lipinski definition) is 4. The van der Waals surface area contributed by atoms with Crippen molar-refractivity contribution >= 4 is 17.3 Å². The summed E-state index contributed by atoms with van der Waals surface area (Å²) in [4.78, 5) is 19.1. The van der Waals surface area contributed by atoms with Crippen LogP contribution in [-0.4, -0.2) is 20.8 Å². The molecule has 3 aromatic rings. The van der Waals surface area contributed by atoms with Crippen LogP contribution >= 0.6 is 0 Å². The molecule has 0 saturated carbocycles. The van der Waals surface area contributed by atoms with E-state index in [0.717, 1.165) is 17.7 Å². The maximum atomic E-state index is 10.8. The summed E-state index contributed by atoms with van der Waals surface area (Å²) in [6, 6.07) is 1.74. The minimum atomic E-state index is 0.384. The number of aryl methyl sites for hydroxylation is 1. The van der Waals surface area contributed by atoms with Gasteiger partial charge in [-0.1, -0.05) is 0 Å². The van der Waals surface area contributed by atoms with Gasteiger partial charge in [-0.05, 0) is 13.0 Å². The summed E-state index contributed by atoms with van der Waals surface area (Å²) < 4.78 is 7.23. The molecule has 17 heavy (non-hydrogen) atoms. The number of hydrogen-bond donors (Lipinski definition) is 0. The second-order valence-electron chi connectivity index (χ2n) is 3.73. The quantitative estimate of drug-likeness (QED) is 0.629. The molecular weight excluding hydrogens is 218 g/mol. The molecule has 0 unspecified atom stereocenters. The molecular formula is C12H9N3O2. The third-order valence-corrected chi connectivity index (χ3v) is 2.60. The summed E-state index contributed by atoms with van der Waals surface area (Å²) in [5.74, 6) is 0. The second kappa shape index (κ2) is 3.55. The van der Waals surface area contributed by atoms with Gasteiger partial charge in [0, 0.05) is 6.20 Å². The predicted molar refractivity (Wildman–Crippen MR) is 61.3 cm³/mol. The first-order chi connectivity index (χ1) is 8.29. The van der Waals surface area contributed by atoms with Crippen molar-refractivity contribution in [3.05, 3.63) is 42.4 Å². The van der Waals surface area contributed by atoms with Crippen molar-refractivity contribution in [2.45, 2.75) is 6.92 Å². The van der Waals surface area contributed by atoms with E-state index in [0.29, 0.717) is 16.7 Å². The van der Waals surface area contributed by atoms with Crippen LogP contribution in [-0.2, 0) is 0 Å². The van der Waals surface area contributed by atoms with Gasteiger partial charge < -0.3 is 8.98 Å². The van der Waals surface area contributed by atoms with E-state index >= 15 is 0 Å². The highest BCUT2D eigenvalue weighted by atomic mass is 16.3. The maximum Gasteiger partial charge on any atom is 0.169 e. The van der Waals surface area contributed by atoms with Crippen LogP contribution in [0.5, 0.6) is 0 Å². The van der Waals surface area contributed by atoms with Crippen molar-refractivity contribution < 1.29 is 9.21 Å². The number of furan rings is 1. The minimum Gasteiger partial charge on any atom is -0.462 e. The molecule has 3 heterocycles. The maximum absolute atomic E-state index is 10.8. The van der Waals surface area contributed by atoms with Crippen LogP contribution < -0.4 is 0 Å². The van der Waals surface area contributed by atoms with E-state index in [1.807, 2.05) is 17.7 Å². The Labute approximate surface area is 96.7 Å². The monoisotopic (exact) mass is 227 g/mol. The fourth-order valence-electron chi connectivity index (χ4n) is 1.80. The Morgan fingerprint density at radius 2 is 2.29 bits per heavy atom. The van der Waals surface area contributed by atoms with Gasteiger partial charge in [0.05, 0.1) is 29.9 Å². The van der Waals surface area contributed by atoms with Crippen LogP contribution in [0.2, 0.25) is 0 Å². The topological polar surface area (TPSA) is 60.9 Å². The highest BCUT2D eigenvalue weighted by molar-refractivity contribution is 5.97. The lowest BCUT2D eigenvalue weighted by Crippen LogP contribution is -1.95. The highest BCUT2D eigenvalue weighted by Gasteiger charge is 2.11. The second-order valence-corrected chi connectivity index (χ2v) is 3.73. The van der Waals surface area contributed by atoms with Crippen LogP contribution in [0.3, 0.4) is 0 Å². The molecule has 0 saturated heterocycles. The molecule has 0 aliphatic rings. The van der Waals surface area contributed by atoms with Crippen LogP contribution in [0.1, 0.15) is 16.2 Å². The highest BCUT2D eigenvalue weighted by Crippen LogP contribution is 2.24. The Morgan fingerprint density at radius 3 is 3.00 bits per heavy atom. The molecule has 0 amide bonds. The van der Waals surface area contributed by atoms with Crippen molar-refractivity contribution in [2.75, 3.05) is 0 Å². The fraction of sp³-hybridized carbons (Fsp3) is 0.0833. The molecule has 5 heteroatoms. The predicted octanol–water partition coefficient (Wildman–Crippen LogP) is 2.13. The number of rotatable bonds is 2. The van der Waals surface area contributed by atoms with Crippen molar-refractivity contribution in [1.82, 2.24) is 14.5 Å². The van der Waals surface area contributed by atoms with E-state index in [1.54, 1.807) is 24.9 Å². The largest absolute Gasteiger partial charge is 0.462 e. The Kier molecular flexibility index (Phi) is 2.04. The van der Waals surface area contributed by atoms with Crippen molar-refractivity contribution in [2.24, 2.45) is 0 Å². The summed E-state index contributed by atoms with van der Waals surface area (Å²) in [5, 5.41) is 0.712. The van der Waals surface area contributed by atoms with E-state index in [9.17, 15) is 4.79 Å². The molecule has 0 spiro atoms. The van der Waals surface area contributed by atoms with Gasteiger partial charge in [-0.15, -0.1) is 0 Å². The molecule has 0 radical (unpaired) electrons. The lowest BCUT2D eigenvalue weighted by molar-refractivity contribution is 0.112. The average Bonchev–Trinajstić information content (AvgIpc) is 2.96. The van der Waals surface area contributed by atoms with Gasteiger partial charge in [0.2, 0.25) is 0 Å². The van der Waals surface area contributed by atoms with Gasteiger partial charge in [0.1, 0.15) is 11.4 Å². The molecule has 0 N–H and O–H groups in total. The standard InChI is InChI=1S/C12H9N3O2/c1-8-5-15(7-14-8)11-4-13-10(6-16)9-2-3-17-12(9)11/h2-7H,1H3. The molecule has 5 nitrogen and oxygen atoms in total. The Balaban J connectivity index is 2.31. The Bertz CT molecular complexity index is 697. The molecule has 3 rings (SSSR count). The lowest BCUT2D eigenvalue weighted by atomic mass is 10.2. The number of fused-ring (bicyclic) bond motifs is 1. The normalized spacial score (nSPS) is 10.9. The number of aromatic nitrogens is 3. The molecule has 0 aromatic carbocycles. The molecule has 3 aromatic heterocycles. The zero-order valence-electron chi connectivity index (χ0n) is 9.12. The molecule has 0 atom stereocenters. The van der Waals surface area contributed by atoms with Crippen molar-refractivity contribution in [3.8, 4) is 5.69 Å². The Hall–Kier alpha value is -2.43. The fourth-order valence-corrected chi connectivity index (χ4v) is 1.80. The van der Waals surface area contributed by atoms with Gasteiger partial charge in [0.25, 0.3) is 0 Å². The first kappa shape index (κ1) is 9.77. The van der Waals surface area contributed by atoms with Crippen molar-refractivity contribution in [1.29, 1.82) is 0 Å². The molecule has 0 aliphatic heterocycles. The smallest absolute Gasteiger partial charge is 0.169 e. The summed E-state index contributed by atoms with van der Waals surface area (Å²) in [6.07, 6.45) is 7.44. The molecule has 0 fully saturated rings. The third kappa shape index (κ3) is 1.44. The number of carbonyl (C=O) groups is 1. The van der Waals surface area contributed by atoms with Gasteiger partial charge >= 0.3 is 0 Å². The summed E-state index contributed by atoms with van der Waals surface area (Å²) in [7, 11) is 0. The summed E-state index contributed by atoms with van der Waals surface area (Å²) in [6.45, 7) is 1.91. The average molecular weight is 227 g/mol. The number of imidazole rings is 1. The SMILES string of the molecule is Cc1cn(-c2cnc(C=O)c3ccoc23)cn1. The summed E-state index contributed by atoms with van der Waals surface area (Å²) >= 11 is 0. The summed E-state index contributed by atoms with van der Waals surface area (Å²) in [5.41, 5.74) is 2.70. The van der Waals surface area contributed by atoms with Crippen LogP contribution in [0.25, 0.3) is 16.7 Å². The first-order valence-corrected chi connectivity index (χ1v) is 5.12. The molecule has 0 bridgehead atoms. The lowest BCUT2D eigenvalue weighted by Gasteiger charge is -2.03. The first-order valence-electron chi connectivity index (χ1n) is 5.12. The zero-order chi connectivity index (χ0) is 11.8. The van der Waals surface area contributed by atoms with E-state index in [1.165, 1.54) is 0 Å².